The third kappa shape index (κ3) is 6.15. The van der Waals surface area contributed by atoms with Gasteiger partial charge in [-0.3, -0.25) is 23.5 Å². The predicted octanol–water partition coefficient (Wildman–Crippen LogP) is 0.0956. The minimum Gasteiger partial charge on any atom is -0.475 e. The van der Waals surface area contributed by atoms with Crippen LogP contribution in [0.4, 0.5) is 25.1 Å². The van der Waals surface area contributed by atoms with E-state index in [1.165, 1.54) is 25.5 Å². The number of carbonyl (C=O) groups excluding carboxylic acids is 2. The number of imide groups is 1. The molecule has 0 spiro atoms. The van der Waals surface area contributed by atoms with E-state index in [4.69, 9.17) is 9.90 Å². The van der Waals surface area contributed by atoms with Gasteiger partial charge in [-0.05, 0) is 6.92 Å². The van der Waals surface area contributed by atoms with Crippen molar-refractivity contribution in [2.24, 2.45) is 7.05 Å². The van der Waals surface area contributed by atoms with Gasteiger partial charge in [0.15, 0.2) is 11.2 Å². The molecule has 0 aliphatic carbocycles. The van der Waals surface area contributed by atoms with Crippen molar-refractivity contribution in [2.75, 3.05) is 36.0 Å². The van der Waals surface area contributed by atoms with Crippen molar-refractivity contribution in [3.8, 4) is 11.8 Å². The van der Waals surface area contributed by atoms with Crippen molar-refractivity contribution in [3.63, 3.8) is 0 Å². The van der Waals surface area contributed by atoms with Gasteiger partial charge in [-0.2, -0.15) is 23.1 Å². The maximum atomic E-state index is 13.1. The van der Waals surface area contributed by atoms with Gasteiger partial charge in [-0.15, -0.1) is 5.92 Å². The summed E-state index contributed by atoms with van der Waals surface area (Å²) in [7, 11) is 1.48. The van der Waals surface area contributed by atoms with Crippen LogP contribution in [0.25, 0.3) is 11.2 Å². The molecule has 0 atom stereocenters. The molecular formula is C20H24F3N7O5. The lowest BCUT2D eigenvalue weighted by Gasteiger charge is -2.28. The van der Waals surface area contributed by atoms with Crippen LogP contribution in [-0.4, -0.2) is 74.3 Å². The van der Waals surface area contributed by atoms with E-state index in [9.17, 15) is 27.6 Å². The van der Waals surface area contributed by atoms with E-state index in [1.54, 1.807) is 11.5 Å². The van der Waals surface area contributed by atoms with Gasteiger partial charge in [0.05, 0.1) is 6.54 Å². The summed E-state index contributed by atoms with van der Waals surface area (Å²) in [6.45, 7) is 7.62. The molecule has 3 rings (SSSR count). The second-order valence-corrected chi connectivity index (χ2v) is 7.29. The molecule has 2 N–H and O–H groups in total. The molecule has 1 saturated heterocycles. The Morgan fingerprint density at radius 2 is 1.69 bits per heavy atom. The molecule has 0 bridgehead atoms. The zero-order valence-electron chi connectivity index (χ0n) is 19.4. The normalized spacial score (nSPS) is 13.4. The van der Waals surface area contributed by atoms with Gasteiger partial charge in [0.2, 0.25) is 23.7 Å². The molecule has 1 aliphatic rings. The number of nitrogens with zero attached hydrogens (tertiary/aromatic N) is 6. The molecule has 15 heteroatoms. The van der Waals surface area contributed by atoms with Crippen LogP contribution in [0.15, 0.2) is 4.79 Å². The molecule has 0 unspecified atom stereocenters. The third-order valence-electron chi connectivity index (χ3n) is 4.83. The largest absolute Gasteiger partial charge is 0.490 e. The van der Waals surface area contributed by atoms with Crippen LogP contribution in [0.3, 0.4) is 0 Å². The van der Waals surface area contributed by atoms with Gasteiger partial charge >= 0.3 is 12.1 Å². The molecule has 35 heavy (non-hydrogen) atoms. The topological polar surface area (TPSA) is 143 Å². The molecular weight excluding hydrogens is 475 g/mol. The third-order valence-corrected chi connectivity index (χ3v) is 4.83. The van der Waals surface area contributed by atoms with Crippen molar-refractivity contribution >= 4 is 40.8 Å². The fourth-order valence-electron chi connectivity index (χ4n) is 3.25. The maximum absolute atomic E-state index is 13.1. The van der Waals surface area contributed by atoms with Gasteiger partial charge in [0.25, 0.3) is 5.56 Å². The highest BCUT2D eigenvalue weighted by atomic mass is 19.4. The van der Waals surface area contributed by atoms with E-state index < -0.39 is 24.0 Å². The first-order valence-electron chi connectivity index (χ1n) is 10.2. The van der Waals surface area contributed by atoms with Crippen LogP contribution in [-0.2, 0) is 28.0 Å². The lowest BCUT2D eigenvalue weighted by Crippen LogP contribution is -2.44. The van der Waals surface area contributed by atoms with Crippen molar-refractivity contribution in [1.29, 1.82) is 0 Å². The van der Waals surface area contributed by atoms with Gasteiger partial charge in [0, 0.05) is 47.1 Å². The average Bonchev–Trinajstić information content (AvgIpc) is 3.14. The average molecular weight is 499 g/mol. The Labute approximate surface area is 197 Å². The first-order chi connectivity index (χ1) is 16.3. The number of halogens is 3. The number of carboxylic acids is 1. The number of carbonyl (C=O) groups is 3. The Morgan fingerprint density at radius 3 is 2.14 bits per heavy atom. The van der Waals surface area contributed by atoms with Gasteiger partial charge < -0.3 is 15.3 Å². The van der Waals surface area contributed by atoms with Crippen LogP contribution in [0.1, 0.15) is 20.8 Å². The lowest BCUT2D eigenvalue weighted by molar-refractivity contribution is -0.192. The Hall–Kier alpha value is -3.93. The van der Waals surface area contributed by atoms with Crippen LogP contribution in [0, 0.1) is 11.8 Å². The second-order valence-electron chi connectivity index (χ2n) is 7.29. The van der Waals surface area contributed by atoms with E-state index in [-0.39, 0.29) is 17.2 Å². The van der Waals surface area contributed by atoms with Crippen LogP contribution < -0.4 is 20.7 Å². The molecule has 2 aromatic rings. The highest BCUT2D eigenvalue weighted by molar-refractivity contribution is 6.12. The molecule has 0 aromatic carbocycles. The van der Waals surface area contributed by atoms with E-state index in [1.807, 2.05) is 0 Å². The van der Waals surface area contributed by atoms with Crippen molar-refractivity contribution in [3.05, 3.63) is 10.4 Å². The monoisotopic (exact) mass is 499 g/mol. The van der Waals surface area contributed by atoms with E-state index >= 15 is 0 Å². The van der Waals surface area contributed by atoms with Crippen LogP contribution in [0.2, 0.25) is 0 Å². The van der Waals surface area contributed by atoms with Gasteiger partial charge in [-0.25, -0.2) is 9.69 Å². The highest BCUT2D eigenvalue weighted by Crippen LogP contribution is 2.22. The minimum absolute atomic E-state index is 0.0458. The molecule has 1 fully saturated rings. The Kier molecular flexibility index (Phi) is 8.58. The molecule has 1 aliphatic heterocycles. The number of hydrogen-bond donors (Lipinski definition) is 2. The number of nitrogens with one attached hydrogen (secondary N) is 1. The fraction of sp³-hybridized carbons (Fsp3) is 0.500. The fourth-order valence-corrected chi connectivity index (χ4v) is 3.25. The molecule has 0 saturated carbocycles. The number of fused-ring (bicyclic) bond motifs is 1. The van der Waals surface area contributed by atoms with E-state index in [0.717, 1.165) is 31.1 Å². The molecule has 0 radical (unpaired) electrons. The van der Waals surface area contributed by atoms with Gasteiger partial charge in [0.1, 0.15) is 0 Å². The molecule has 3 heterocycles. The van der Waals surface area contributed by atoms with Gasteiger partial charge in [-0.1, -0.05) is 5.92 Å². The SMILES string of the molecule is CC#CCn1c(N2CCNCC2)nc2nc(N(C(C)=O)C(C)=O)n(C)c(=O)c21.O=C(O)C(F)(F)F. The number of imidazole rings is 1. The summed E-state index contributed by atoms with van der Waals surface area (Å²) < 4.78 is 34.7. The molecule has 2 amide bonds. The Bertz CT molecular complexity index is 1240. The quantitative estimate of drug-likeness (QED) is 0.562. The number of aromatic nitrogens is 4. The number of hydrogen-bond acceptors (Lipinski definition) is 8. The standard InChI is InChI=1S/C18H23N7O3.C2HF3O2/c1-5-6-9-24-14-15(21-18(24)23-10-7-19-8-11-23)20-17(22(4)16(14)28)25(12(2)26)13(3)27;3-2(4,5)1(6)7/h19H,7-11H2,1-4H3;(H,6,7). The van der Waals surface area contributed by atoms with E-state index in [0.29, 0.717) is 18.0 Å². The van der Waals surface area contributed by atoms with Crippen LogP contribution in [0.5, 0.6) is 0 Å². The number of amides is 2. The number of piperazine rings is 1. The number of carboxylic acid groups (broad SMARTS) is 1. The first-order valence-corrected chi connectivity index (χ1v) is 10.2. The summed E-state index contributed by atoms with van der Waals surface area (Å²) in [5.74, 6) is 2.58. The molecule has 2 aromatic heterocycles. The number of alkyl halides is 3. The summed E-state index contributed by atoms with van der Waals surface area (Å²) >= 11 is 0. The maximum Gasteiger partial charge on any atom is 0.490 e. The predicted molar refractivity (Wildman–Crippen MR) is 119 cm³/mol. The number of anilines is 2. The Balaban J connectivity index is 0.000000540. The van der Waals surface area contributed by atoms with Crippen molar-refractivity contribution in [2.45, 2.75) is 33.5 Å². The number of rotatable bonds is 3. The highest BCUT2D eigenvalue weighted by Gasteiger charge is 2.38. The lowest BCUT2D eigenvalue weighted by atomic mass is 10.4. The van der Waals surface area contributed by atoms with Crippen LogP contribution >= 0.6 is 0 Å². The summed E-state index contributed by atoms with van der Waals surface area (Å²) in [4.78, 5) is 57.8. The van der Waals surface area contributed by atoms with Crippen molar-refractivity contribution < 1.29 is 32.7 Å². The minimum atomic E-state index is -5.08. The van der Waals surface area contributed by atoms with Crippen molar-refractivity contribution in [1.82, 2.24) is 24.4 Å². The second kappa shape index (κ2) is 11.0. The Morgan fingerprint density at radius 1 is 1.14 bits per heavy atom. The first kappa shape index (κ1) is 27.3. The summed E-state index contributed by atoms with van der Waals surface area (Å²) in [6, 6.07) is 0. The summed E-state index contributed by atoms with van der Waals surface area (Å²) in [6.07, 6.45) is -5.08. The number of aliphatic carboxylic acids is 1. The molecule has 190 valence electrons. The zero-order valence-corrected chi connectivity index (χ0v) is 19.4. The van der Waals surface area contributed by atoms with E-state index in [2.05, 4.69) is 32.0 Å². The zero-order chi connectivity index (χ0) is 26.5. The molecule has 12 nitrogen and oxygen atoms in total. The summed E-state index contributed by atoms with van der Waals surface area (Å²) in [5, 5.41) is 10.4. The summed E-state index contributed by atoms with van der Waals surface area (Å²) in [5.41, 5.74) is 0.103. The smallest absolute Gasteiger partial charge is 0.475 e.